The molecule has 0 radical (unpaired) electrons. The molecule has 0 spiro atoms. The minimum Gasteiger partial charge on any atom is -0.296 e. The van der Waals surface area contributed by atoms with Crippen LogP contribution in [0.3, 0.4) is 0 Å². The van der Waals surface area contributed by atoms with Gasteiger partial charge in [0, 0.05) is 17.3 Å². The predicted octanol–water partition coefficient (Wildman–Crippen LogP) is 4.37. The van der Waals surface area contributed by atoms with Crippen molar-refractivity contribution in [3.63, 3.8) is 0 Å². The third-order valence-corrected chi connectivity index (χ3v) is 3.79. The Kier molecular flexibility index (Phi) is 2.97. The molecule has 0 N–H and O–H groups in total. The zero-order valence-corrected chi connectivity index (χ0v) is 12.3. The second-order valence-electron chi connectivity index (χ2n) is 5.38. The molecule has 0 aliphatic heterocycles. The fourth-order valence-corrected chi connectivity index (χ4v) is 2.57. The van der Waals surface area contributed by atoms with Gasteiger partial charge in [-0.15, -0.1) is 0 Å². The van der Waals surface area contributed by atoms with E-state index in [0.717, 1.165) is 28.2 Å². The molecule has 0 saturated heterocycles. The van der Waals surface area contributed by atoms with Crippen molar-refractivity contribution in [2.24, 2.45) is 0 Å². The first-order valence-electron chi connectivity index (χ1n) is 7.27. The number of benzene rings is 2. The van der Waals surface area contributed by atoms with Gasteiger partial charge in [0.25, 0.3) is 0 Å². The summed E-state index contributed by atoms with van der Waals surface area (Å²) in [5.74, 6) is 0.939. The predicted molar refractivity (Wildman–Crippen MR) is 88.6 cm³/mol. The molecule has 0 bridgehead atoms. The molecular formula is C19H15N3. The van der Waals surface area contributed by atoms with E-state index in [0.29, 0.717) is 0 Å². The molecule has 3 heteroatoms. The summed E-state index contributed by atoms with van der Waals surface area (Å²) in [5.41, 5.74) is 5.40. The van der Waals surface area contributed by atoms with Crippen molar-refractivity contribution in [2.75, 3.05) is 0 Å². The van der Waals surface area contributed by atoms with Gasteiger partial charge in [-0.05, 0) is 6.92 Å². The van der Waals surface area contributed by atoms with Crippen molar-refractivity contribution in [2.45, 2.75) is 6.92 Å². The maximum Gasteiger partial charge on any atom is 0.144 e. The van der Waals surface area contributed by atoms with Crippen LogP contribution in [0.1, 0.15) is 5.56 Å². The molecular weight excluding hydrogens is 270 g/mol. The van der Waals surface area contributed by atoms with Gasteiger partial charge < -0.3 is 0 Å². The SMILES string of the molecule is Cc1ccc(-c2ncc3cnc(-c4ccccc4)cn23)cc1. The van der Waals surface area contributed by atoms with E-state index in [1.807, 2.05) is 36.8 Å². The minimum atomic E-state index is 0.939. The van der Waals surface area contributed by atoms with Crippen molar-refractivity contribution in [1.82, 2.24) is 14.4 Å². The van der Waals surface area contributed by atoms with Crippen LogP contribution in [0.2, 0.25) is 0 Å². The Morgan fingerprint density at radius 3 is 2.27 bits per heavy atom. The summed E-state index contributed by atoms with van der Waals surface area (Å²) >= 11 is 0. The van der Waals surface area contributed by atoms with Crippen LogP contribution in [0.5, 0.6) is 0 Å². The first kappa shape index (κ1) is 12.8. The van der Waals surface area contributed by atoms with E-state index < -0.39 is 0 Å². The van der Waals surface area contributed by atoms with Crippen LogP contribution in [0.15, 0.2) is 73.2 Å². The molecule has 0 aliphatic rings. The monoisotopic (exact) mass is 285 g/mol. The number of hydrogen-bond acceptors (Lipinski definition) is 2. The Morgan fingerprint density at radius 2 is 1.50 bits per heavy atom. The molecule has 0 aliphatic carbocycles. The number of aryl methyl sites for hydroxylation is 1. The average molecular weight is 285 g/mol. The summed E-state index contributed by atoms with van der Waals surface area (Å²) in [6, 6.07) is 18.6. The molecule has 0 fully saturated rings. The van der Waals surface area contributed by atoms with Crippen molar-refractivity contribution in [3.8, 4) is 22.6 Å². The average Bonchev–Trinajstić information content (AvgIpc) is 2.99. The maximum absolute atomic E-state index is 4.55. The van der Waals surface area contributed by atoms with Crippen LogP contribution in [0.25, 0.3) is 28.2 Å². The van der Waals surface area contributed by atoms with Gasteiger partial charge in [-0.25, -0.2) is 4.98 Å². The first-order chi connectivity index (χ1) is 10.8. The molecule has 2 heterocycles. The lowest BCUT2D eigenvalue weighted by atomic mass is 10.1. The van der Waals surface area contributed by atoms with Crippen LogP contribution >= 0.6 is 0 Å². The van der Waals surface area contributed by atoms with Crippen LogP contribution in [0, 0.1) is 6.92 Å². The molecule has 4 rings (SSSR count). The normalized spacial score (nSPS) is 11.0. The molecule has 106 valence electrons. The summed E-state index contributed by atoms with van der Waals surface area (Å²) in [6.45, 7) is 2.09. The zero-order chi connectivity index (χ0) is 14.9. The molecule has 0 unspecified atom stereocenters. The van der Waals surface area contributed by atoms with Crippen LogP contribution in [-0.4, -0.2) is 14.4 Å². The number of rotatable bonds is 2. The highest BCUT2D eigenvalue weighted by Crippen LogP contribution is 2.23. The van der Waals surface area contributed by atoms with Crippen molar-refractivity contribution < 1.29 is 0 Å². The number of imidazole rings is 1. The summed E-state index contributed by atoms with van der Waals surface area (Å²) < 4.78 is 2.10. The van der Waals surface area contributed by atoms with E-state index in [4.69, 9.17) is 0 Å². The lowest BCUT2D eigenvalue weighted by Crippen LogP contribution is -1.93. The van der Waals surface area contributed by atoms with E-state index in [1.165, 1.54) is 5.56 Å². The fraction of sp³-hybridized carbons (Fsp3) is 0.0526. The summed E-state index contributed by atoms with van der Waals surface area (Å²) in [5, 5.41) is 0. The largest absolute Gasteiger partial charge is 0.296 e. The number of nitrogens with zero attached hydrogens (tertiary/aromatic N) is 3. The third kappa shape index (κ3) is 2.17. The number of fused-ring (bicyclic) bond motifs is 1. The van der Waals surface area contributed by atoms with Gasteiger partial charge in [-0.3, -0.25) is 9.38 Å². The number of aromatic nitrogens is 3. The molecule has 22 heavy (non-hydrogen) atoms. The first-order valence-corrected chi connectivity index (χ1v) is 7.27. The lowest BCUT2D eigenvalue weighted by molar-refractivity contribution is 1.13. The van der Waals surface area contributed by atoms with E-state index >= 15 is 0 Å². The second kappa shape index (κ2) is 5.11. The Morgan fingerprint density at radius 1 is 0.773 bits per heavy atom. The molecule has 0 atom stereocenters. The third-order valence-electron chi connectivity index (χ3n) is 3.79. The highest BCUT2D eigenvalue weighted by Gasteiger charge is 2.08. The van der Waals surface area contributed by atoms with Gasteiger partial charge in [0.2, 0.25) is 0 Å². The maximum atomic E-state index is 4.55. The van der Waals surface area contributed by atoms with Crippen LogP contribution in [0.4, 0.5) is 0 Å². The lowest BCUT2D eigenvalue weighted by Gasteiger charge is -2.05. The highest BCUT2D eigenvalue weighted by atomic mass is 15.0. The van der Waals surface area contributed by atoms with Crippen LogP contribution < -0.4 is 0 Å². The van der Waals surface area contributed by atoms with E-state index in [9.17, 15) is 0 Å². The van der Waals surface area contributed by atoms with Gasteiger partial charge in [0.05, 0.1) is 23.6 Å². The van der Waals surface area contributed by atoms with Gasteiger partial charge in [-0.2, -0.15) is 0 Å². The molecule has 4 aromatic rings. The topological polar surface area (TPSA) is 30.2 Å². The van der Waals surface area contributed by atoms with E-state index in [-0.39, 0.29) is 0 Å². The molecule has 2 aromatic carbocycles. The van der Waals surface area contributed by atoms with Gasteiger partial charge in [-0.1, -0.05) is 60.2 Å². The van der Waals surface area contributed by atoms with Crippen molar-refractivity contribution in [3.05, 3.63) is 78.8 Å². The highest BCUT2D eigenvalue weighted by molar-refractivity contribution is 5.65. The van der Waals surface area contributed by atoms with E-state index in [1.54, 1.807) is 0 Å². The Hall–Kier alpha value is -2.94. The molecule has 3 nitrogen and oxygen atoms in total. The summed E-state index contributed by atoms with van der Waals surface area (Å²) in [7, 11) is 0. The van der Waals surface area contributed by atoms with Crippen molar-refractivity contribution in [1.29, 1.82) is 0 Å². The van der Waals surface area contributed by atoms with Gasteiger partial charge >= 0.3 is 0 Å². The van der Waals surface area contributed by atoms with Gasteiger partial charge in [0.1, 0.15) is 5.82 Å². The molecule has 0 amide bonds. The second-order valence-corrected chi connectivity index (χ2v) is 5.38. The number of hydrogen-bond donors (Lipinski definition) is 0. The summed E-state index contributed by atoms with van der Waals surface area (Å²) in [6.07, 6.45) is 5.77. The van der Waals surface area contributed by atoms with Crippen molar-refractivity contribution >= 4 is 5.52 Å². The van der Waals surface area contributed by atoms with E-state index in [2.05, 4.69) is 57.7 Å². The van der Waals surface area contributed by atoms with Crippen LogP contribution in [-0.2, 0) is 0 Å². The quantitative estimate of drug-likeness (QED) is 0.547. The Bertz CT molecular complexity index is 922. The minimum absolute atomic E-state index is 0.939. The Labute approximate surface area is 128 Å². The van der Waals surface area contributed by atoms with Gasteiger partial charge in [0.15, 0.2) is 0 Å². The fourth-order valence-electron chi connectivity index (χ4n) is 2.57. The Balaban J connectivity index is 1.88. The zero-order valence-electron chi connectivity index (χ0n) is 12.3. The standard InChI is InChI=1S/C19H15N3/c1-14-7-9-16(10-8-14)19-21-12-17-11-20-18(13-22(17)19)15-5-3-2-4-6-15/h2-13H,1H3. The summed E-state index contributed by atoms with van der Waals surface area (Å²) in [4.78, 5) is 9.09. The molecule has 2 aromatic heterocycles. The molecule has 0 saturated carbocycles. The smallest absolute Gasteiger partial charge is 0.144 e.